The number of hydrogen-bond donors (Lipinski definition) is 3. The highest BCUT2D eigenvalue weighted by molar-refractivity contribution is 7.80. The van der Waals surface area contributed by atoms with Gasteiger partial charge >= 0.3 is 0 Å². The Morgan fingerprint density at radius 1 is 1.43 bits per heavy atom. The van der Waals surface area contributed by atoms with E-state index in [4.69, 9.17) is 16.6 Å². The van der Waals surface area contributed by atoms with E-state index in [1.165, 1.54) is 16.2 Å². The molecule has 2 aromatic heterocycles. The van der Waals surface area contributed by atoms with Crippen molar-refractivity contribution >= 4 is 34.6 Å². The van der Waals surface area contributed by atoms with E-state index in [1.54, 1.807) is 12.3 Å². The molecule has 2 rings (SSSR count). The highest BCUT2D eigenvalue weighted by atomic mass is 32.1. The first-order valence-electron chi connectivity index (χ1n) is 6.56. The minimum Gasteiger partial charge on any atom is -0.467 e. The van der Waals surface area contributed by atoms with E-state index >= 15 is 0 Å². The summed E-state index contributed by atoms with van der Waals surface area (Å²) in [5.74, 6) is 0.580. The molecule has 0 saturated heterocycles. The second kappa shape index (κ2) is 7.24. The largest absolute Gasteiger partial charge is 0.467 e. The molecule has 0 aliphatic carbocycles. The van der Waals surface area contributed by atoms with E-state index in [-0.39, 0.29) is 5.91 Å². The Hall–Kier alpha value is -1.86. The SMILES string of the molecule is CCc1sc(C(=O)NNC(=S)NCc2ccco2)cc1C. The van der Waals surface area contributed by atoms with E-state index in [1.807, 2.05) is 19.1 Å². The number of carbonyl (C=O) groups is 1. The van der Waals surface area contributed by atoms with Crippen molar-refractivity contribution in [3.63, 3.8) is 0 Å². The van der Waals surface area contributed by atoms with Crippen molar-refractivity contribution < 1.29 is 9.21 Å². The van der Waals surface area contributed by atoms with Gasteiger partial charge in [-0.05, 0) is 49.3 Å². The fraction of sp³-hybridized carbons (Fsp3) is 0.286. The summed E-state index contributed by atoms with van der Waals surface area (Å²) in [5, 5.41) is 3.27. The molecule has 0 unspecified atom stereocenters. The molecule has 112 valence electrons. The molecule has 0 saturated carbocycles. The van der Waals surface area contributed by atoms with Gasteiger partial charge in [0, 0.05) is 4.88 Å². The molecule has 0 fully saturated rings. The molecule has 2 heterocycles. The number of amides is 1. The molecule has 21 heavy (non-hydrogen) atoms. The number of hydrogen-bond acceptors (Lipinski definition) is 4. The van der Waals surface area contributed by atoms with Gasteiger partial charge < -0.3 is 9.73 Å². The zero-order valence-electron chi connectivity index (χ0n) is 11.9. The molecule has 5 nitrogen and oxygen atoms in total. The zero-order valence-corrected chi connectivity index (χ0v) is 13.5. The van der Waals surface area contributed by atoms with Gasteiger partial charge in [-0.25, -0.2) is 0 Å². The molecule has 3 N–H and O–H groups in total. The third kappa shape index (κ3) is 4.30. The molecule has 7 heteroatoms. The van der Waals surface area contributed by atoms with Crippen LogP contribution in [0.5, 0.6) is 0 Å². The number of aryl methyl sites for hydroxylation is 2. The molecule has 2 aromatic rings. The van der Waals surface area contributed by atoms with Crippen LogP contribution in [0.1, 0.15) is 32.8 Å². The first-order chi connectivity index (χ1) is 10.1. The number of rotatable bonds is 4. The van der Waals surface area contributed by atoms with Crippen LogP contribution in [0.2, 0.25) is 0 Å². The van der Waals surface area contributed by atoms with Crippen LogP contribution in [-0.4, -0.2) is 11.0 Å². The molecule has 0 bridgehead atoms. The highest BCUT2D eigenvalue weighted by Gasteiger charge is 2.11. The summed E-state index contributed by atoms with van der Waals surface area (Å²) < 4.78 is 5.17. The van der Waals surface area contributed by atoms with Gasteiger partial charge in [0.15, 0.2) is 5.11 Å². The molecule has 0 spiro atoms. The summed E-state index contributed by atoms with van der Waals surface area (Å²) >= 11 is 6.57. The maximum atomic E-state index is 12.0. The summed E-state index contributed by atoms with van der Waals surface area (Å²) in [4.78, 5) is 13.9. The molecule has 0 aromatic carbocycles. The predicted molar refractivity (Wildman–Crippen MR) is 87.2 cm³/mol. The Morgan fingerprint density at radius 3 is 2.86 bits per heavy atom. The van der Waals surface area contributed by atoms with Crippen molar-refractivity contribution in [1.29, 1.82) is 0 Å². The Bertz CT molecular complexity index is 620. The molecule has 0 aliphatic rings. The third-order valence-corrected chi connectivity index (χ3v) is 4.48. The predicted octanol–water partition coefficient (Wildman–Crippen LogP) is 2.52. The summed E-state index contributed by atoms with van der Waals surface area (Å²) in [7, 11) is 0. The molecule has 0 aliphatic heterocycles. The van der Waals surface area contributed by atoms with E-state index in [0.29, 0.717) is 16.5 Å². The Kier molecular flexibility index (Phi) is 5.35. The average molecular weight is 323 g/mol. The van der Waals surface area contributed by atoms with Crippen molar-refractivity contribution in [3.8, 4) is 0 Å². The maximum Gasteiger partial charge on any atom is 0.279 e. The van der Waals surface area contributed by atoms with Gasteiger partial charge in [-0.3, -0.25) is 15.6 Å². The lowest BCUT2D eigenvalue weighted by molar-refractivity contribution is 0.0947. The van der Waals surface area contributed by atoms with Gasteiger partial charge in [0.2, 0.25) is 0 Å². The average Bonchev–Trinajstić information content (AvgIpc) is 3.11. The highest BCUT2D eigenvalue weighted by Crippen LogP contribution is 2.21. The second-order valence-corrected chi connectivity index (χ2v) is 5.96. The van der Waals surface area contributed by atoms with Gasteiger partial charge in [0.05, 0.1) is 17.7 Å². The maximum absolute atomic E-state index is 12.0. The van der Waals surface area contributed by atoms with E-state index in [0.717, 1.165) is 17.7 Å². The fourth-order valence-electron chi connectivity index (χ4n) is 1.78. The number of thiophene rings is 1. The van der Waals surface area contributed by atoms with Crippen molar-refractivity contribution in [2.24, 2.45) is 0 Å². The van der Waals surface area contributed by atoms with Gasteiger partial charge in [-0.1, -0.05) is 6.92 Å². The van der Waals surface area contributed by atoms with Crippen LogP contribution >= 0.6 is 23.6 Å². The van der Waals surface area contributed by atoms with Crippen LogP contribution in [0.25, 0.3) is 0 Å². The monoisotopic (exact) mass is 323 g/mol. The quantitative estimate of drug-likeness (QED) is 0.596. The number of nitrogens with one attached hydrogen (secondary N) is 3. The molecule has 0 radical (unpaired) electrons. The van der Waals surface area contributed by atoms with Crippen LogP contribution in [0.15, 0.2) is 28.9 Å². The van der Waals surface area contributed by atoms with Crippen molar-refractivity contribution in [2.75, 3.05) is 0 Å². The van der Waals surface area contributed by atoms with Gasteiger partial charge in [-0.2, -0.15) is 0 Å². The zero-order chi connectivity index (χ0) is 15.2. The molecular formula is C14H17N3O2S2. The van der Waals surface area contributed by atoms with Crippen LogP contribution in [-0.2, 0) is 13.0 Å². The minimum atomic E-state index is -0.190. The first kappa shape index (κ1) is 15.5. The van der Waals surface area contributed by atoms with Crippen LogP contribution in [0.3, 0.4) is 0 Å². The lowest BCUT2D eigenvalue weighted by Crippen LogP contribution is -2.46. The minimum absolute atomic E-state index is 0.190. The number of furan rings is 1. The molecule has 1 amide bonds. The standard InChI is InChI=1S/C14H17N3O2S2/c1-3-11-9(2)7-12(21-11)13(18)16-17-14(20)15-8-10-5-4-6-19-10/h4-7H,3,8H2,1-2H3,(H,16,18)(H2,15,17,20). The van der Waals surface area contributed by atoms with Crippen LogP contribution in [0.4, 0.5) is 0 Å². The topological polar surface area (TPSA) is 66.3 Å². The number of hydrazine groups is 1. The number of carbonyl (C=O) groups excluding carboxylic acids is 1. The lowest BCUT2D eigenvalue weighted by atomic mass is 10.2. The van der Waals surface area contributed by atoms with E-state index < -0.39 is 0 Å². The normalized spacial score (nSPS) is 10.2. The fourth-order valence-corrected chi connectivity index (χ4v) is 2.91. The van der Waals surface area contributed by atoms with Crippen LogP contribution < -0.4 is 16.2 Å². The van der Waals surface area contributed by atoms with Crippen LogP contribution in [0, 0.1) is 6.92 Å². The summed E-state index contributed by atoms with van der Waals surface area (Å²) in [6.07, 6.45) is 2.53. The Morgan fingerprint density at radius 2 is 2.24 bits per heavy atom. The summed E-state index contributed by atoms with van der Waals surface area (Å²) in [6, 6.07) is 5.54. The Labute approximate surface area is 132 Å². The van der Waals surface area contributed by atoms with Crippen molar-refractivity contribution in [2.45, 2.75) is 26.8 Å². The lowest BCUT2D eigenvalue weighted by Gasteiger charge is -2.09. The van der Waals surface area contributed by atoms with Crippen molar-refractivity contribution in [1.82, 2.24) is 16.2 Å². The second-order valence-electron chi connectivity index (χ2n) is 4.41. The van der Waals surface area contributed by atoms with E-state index in [2.05, 4.69) is 23.1 Å². The van der Waals surface area contributed by atoms with Gasteiger partial charge in [0.1, 0.15) is 5.76 Å². The number of thiocarbonyl (C=S) groups is 1. The first-order valence-corrected chi connectivity index (χ1v) is 7.78. The van der Waals surface area contributed by atoms with Gasteiger partial charge in [0.25, 0.3) is 5.91 Å². The molecule has 0 atom stereocenters. The smallest absolute Gasteiger partial charge is 0.279 e. The summed E-state index contributed by atoms with van der Waals surface area (Å²) in [5.41, 5.74) is 6.40. The third-order valence-electron chi connectivity index (χ3n) is 2.86. The van der Waals surface area contributed by atoms with E-state index in [9.17, 15) is 4.79 Å². The van der Waals surface area contributed by atoms with Gasteiger partial charge in [-0.15, -0.1) is 11.3 Å². The Balaban J connectivity index is 1.78. The summed E-state index contributed by atoms with van der Waals surface area (Å²) in [6.45, 7) is 4.55. The molecular weight excluding hydrogens is 306 g/mol. The van der Waals surface area contributed by atoms with Crippen molar-refractivity contribution in [3.05, 3.63) is 45.5 Å².